The highest BCUT2D eigenvalue weighted by atomic mass is 32.2. The molecule has 2 heterocycles. The molecule has 0 aromatic heterocycles. The van der Waals surface area contributed by atoms with Crippen molar-refractivity contribution in [3.8, 4) is 5.75 Å². The van der Waals surface area contributed by atoms with E-state index < -0.39 is 16.1 Å². The molecule has 1 unspecified atom stereocenters. The summed E-state index contributed by atoms with van der Waals surface area (Å²) in [4.78, 5) is 26.7. The van der Waals surface area contributed by atoms with E-state index in [2.05, 4.69) is 12.2 Å². The molecule has 0 bridgehead atoms. The van der Waals surface area contributed by atoms with E-state index in [0.717, 1.165) is 19.4 Å². The Morgan fingerprint density at radius 3 is 2.55 bits per heavy atom. The van der Waals surface area contributed by atoms with Gasteiger partial charge in [-0.05, 0) is 51.7 Å². The number of sulfonamides is 1. The average Bonchev–Trinajstić information content (AvgIpc) is 2.75. The smallest absolute Gasteiger partial charge is 0.265 e. The minimum Gasteiger partial charge on any atom is -0.479 e. The van der Waals surface area contributed by atoms with E-state index >= 15 is 0 Å². The number of amides is 2. The second-order valence-corrected chi connectivity index (χ2v) is 10.2. The third-order valence-corrected chi connectivity index (χ3v) is 8.14. The first-order chi connectivity index (χ1) is 14.7. The Morgan fingerprint density at radius 1 is 1.26 bits per heavy atom. The summed E-state index contributed by atoms with van der Waals surface area (Å²) in [5, 5.41) is 2.74. The van der Waals surface area contributed by atoms with Crippen LogP contribution in [0.15, 0.2) is 17.0 Å². The van der Waals surface area contributed by atoms with Gasteiger partial charge in [0.1, 0.15) is 5.75 Å². The van der Waals surface area contributed by atoms with Gasteiger partial charge >= 0.3 is 0 Å². The Morgan fingerprint density at radius 2 is 1.94 bits per heavy atom. The number of hydrogen-bond acceptors (Lipinski definition) is 5. The summed E-state index contributed by atoms with van der Waals surface area (Å²) < 4.78 is 33.7. The van der Waals surface area contributed by atoms with Crippen LogP contribution in [0.4, 0.5) is 5.69 Å². The number of nitrogens with zero attached hydrogens (tertiary/aromatic N) is 2. The van der Waals surface area contributed by atoms with Crippen molar-refractivity contribution in [3.63, 3.8) is 0 Å². The number of fused-ring (bicyclic) bond motifs is 1. The number of rotatable bonds is 7. The summed E-state index contributed by atoms with van der Waals surface area (Å²) in [5.41, 5.74) is 1.03. The van der Waals surface area contributed by atoms with E-state index in [9.17, 15) is 18.0 Å². The van der Waals surface area contributed by atoms with E-state index in [1.54, 1.807) is 19.9 Å². The maximum absolute atomic E-state index is 13.3. The van der Waals surface area contributed by atoms with Gasteiger partial charge in [0.25, 0.3) is 5.91 Å². The van der Waals surface area contributed by atoms with Crippen LogP contribution < -0.4 is 10.1 Å². The number of benzene rings is 1. The van der Waals surface area contributed by atoms with Gasteiger partial charge < -0.3 is 15.0 Å². The van der Waals surface area contributed by atoms with Gasteiger partial charge in [-0.1, -0.05) is 13.3 Å². The Hall–Kier alpha value is -2.13. The predicted octanol–water partition coefficient (Wildman–Crippen LogP) is 2.76. The van der Waals surface area contributed by atoms with Crippen LogP contribution in [0.1, 0.15) is 52.0 Å². The Labute approximate surface area is 185 Å². The van der Waals surface area contributed by atoms with Gasteiger partial charge in [0.15, 0.2) is 6.10 Å². The highest BCUT2D eigenvalue weighted by Gasteiger charge is 2.35. The topological polar surface area (TPSA) is 96.0 Å². The van der Waals surface area contributed by atoms with E-state index in [1.165, 1.54) is 10.4 Å². The number of anilines is 1. The third kappa shape index (κ3) is 4.87. The maximum Gasteiger partial charge on any atom is 0.265 e. The molecule has 0 saturated carbocycles. The third-order valence-electron chi connectivity index (χ3n) is 6.10. The molecule has 1 aromatic carbocycles. The lowest BCUT2D eigenvalue weighted by Crippen LogP contribution is -2.44. The summed E-state index contributed by atoms with van der Waals surface area (Å²) in [7, 11) is -3.73. The molecule has 1 fully saturated rings. The van der Waals surface area contributed by atoms with Crippen molar-refractivity contribution in [1.82, 2.24) is 9.21 Å². The summed E-state index contributed by atoms with van der Waals surface area (Å²) in [6.07, 6.45) is 2.38. The van der Waals surface area contributed by atoms with Crippen molar-refractivity contribution in [2.75, 3.05) is 31.5 Å². The first-order valence-corrected chi connectivity index (χ1v) is 12.5. The second-order valence-electron chi connectivity index (χ2n) is 8.31. The molecule has 2 aliphatic rings. The number of piperidine rings is 1. The predicted molar refractivity (Wildman–Crippen MR) is 119 cm³/mol. The molecule has 2 aliphatic heterocycles. The van der Waals surface area contributed by atoms with Crippen LogP contribution in [0.5, 0.6) is 5.75 Å². The van der Waals surface area contributed by atoms with E-state index in [1.807, 2.05) is 11.8 Å². The van der Waals surface area contributed by atoms with Crippen LogP contribution in [-0.2, 0) is 19.6 Å². The maximum atomic E-state index is 13.3. The fourth-order valence-corrected chi connectivity index (χ4v) is 5.83. The number of carbonyl (C=O) groups is 2. The number of aryl methyl sites for hydroxylation is 1. The average molecular weight is 452 g/mol. The highest BCUT2D eigenvalue weighted by molar-refractivity contribution is 7.89. The molecule has 2 amide bonds. The molecule has 172 valence electrons. The van der Waals surface area contributed by atoms with Gasteiger partial charge in [-0.3, -0.25) is 9.59 Å². The summed E-state index contributed by atoms with van der Waals surface area (Å²) in [6.45, 7) is 9.48. The molecular weight excluding hydrogens is 418 g/mol. The van der Waals surface area contributed by atoms with Gasteiger partial charge in [-0.2, -0.15) is 4.31 Å². The second kappa shape index (κ2) is 9.56. The molecule has 3 rings (SSSR count). The summed E-state index contributed by atoms with van der Waals surface area (Å²) in [6, 6.07) is 3.13. The largest absolute Gasteiger partial charge is 0.479 e. The normalized spacial score (nSPS) is 20.0. The zero-order valence-electron chi connectivity index (χ0n) is 18.8. The lowest BCUT2D eigenvalue weighted by molar-refractivity contribution is -0.136. The van der Waals surface area contributed by atoms with Gasteiger partial charge in [0.05, 0.1) is 10.6 Å². The molecule has 1 N–H and O–H groups in total. The lowest BCUT2D eigenvalue weighted by atomic mass is 9.96. The zero-order valence-corrected chi connectivity index (χ0v) is 19.6. The number of ether oxygens (including phenoxy) is 1. The van der Waals surface area contributed by atoms with Crippen LogP contribution >= 0.6 is 0 Å². The van der Waals surface area contributed by atoms with Crippen LogP contribution in [-0.4, -0.2) is 61.7 Å². The molecule has 8 nitrogen and oxygen atoms in total. The first kappa shape index (κ1) is 23.5. The fourth-order valence-electron chi connectivity index (χ4n) is 4.13. The Bertz CT molecular complexity index is 939. The zero-order chi connectivity index (χ0) is 22.8. The van der Waals surface area contributed by atoms with Crippen molar-refractivity contribution in [2.45, 2.75) is 64.4 Å². The van der Waals surface area contributed by atoms with E-state index in [0.29, 0.717) is 49.5 Å². The number of unbranched alkanes of at least 4 members (excludes halogenated alkanes) is 1. The number of carbonyl (C=O) groups excluding carboxylic acids is 2. The molecule has 31 heavy (non-hydrogen) atoms. The van der Waals surface area contributed by atoms with E-state index in [-0.39, 0.29) is 22.6 Å². The standard InChI is InChI=1S/C22H33N3O5S/c1-5-7-10-24(6-2)22(27)17-8-11-25(12-9-17)31(28,29)20-14-19-18(13-15(20)3)23-21(26)16(4)30-19/h13-14,16-17H,5-12H2,1-4H3,(H,23,26). The minimum atomic E-state index is -3.73. The molecule has 1 atom stereocenters. The lowest BCUT2D eigenvalue weighted by Gasteiger charge is -2.34. The Kier molecular flexibility index (Phi) is 7.26. The molecule has 0 radical (unpaired) electrons. The number of hydrogen-bond donors (Lipinski definition) is 1. The van der Waals surface area contributed by atoms with Crippen LogP contribution in [0, 0.1) is 12.8 Å². The van der Waals surface area contributed by atoms with Crippen LogP contribution in [0.25, 0.3) is 0 Å². The van der Waals surface area contributed by atoms with Crippen molar-refractivity contribution >= 4 is 27.5 Å². The highest BCUT2D eigenvalue weighted by Crippen LogP contribution is 2.36. The fraction of sp³-hybridized carbons (Fsp3) is 0.636. The molecule has 0 aliphatic carbocycles. The summed E-state index contributed by atoms with van der Waals surface area (Å²) in [5.74, 6) is 0.105. The molecular formula is C22H33N3O5S. The van der Waals surface area contributed by atoms with Crippen molar-refractivity contribution < 1.29 is 22.7 Å². The van der Waals surface area contributed by atoms with Gasteiger partial charge in [-0.15, -0.1) is 0 Å². The van der Waals surface area contributed by atoms with Crippen LogP contribution in [0.3, 0.4) is 0 Å². The van der Waals surface area contributed by atoms with Gasteiger partial charge in [0.2, 0.25) is 15.9 Å². The first-order valence-electron chi connectivity index (χ1n) is 11.1. The summed E-state index contributed by atoms with van der Waals surface area (Å²) >= 11 is 0. The quantitative estimate of drug-likeness (QED) is 0.688. The molecule has 0 spiro atoms. The van der Waals surface area contributed by atoms with Gasteiger partial charge in [-0.25, -0.2) is 8.42 Å². The molecule has 1 aromatic rings. The monoisotopic (exact) mass is 451 g/mol. The van der Waals surface area contributed by atoms with Gasteiger partial charge in [0, 0.05) is 38.2 Å². The SMILES string of the molecule is CCCCN(CC)C(=O)C1CCN(S(=O)(=O)c2cc3c(cc2C)NC(=O)C(C)O3)CC1. The number of nitrogens with one attached hydrogen (secondary N) is 1. The van der Waals surface area contributed by atoms with E-state index in [4.69, 9.17) is 4.74 Å². The Balaban J connectivity index is 1.73. The molecule has 1 saturated heterocycles. The molecule has 9 heteroatoms. The minimum absolute atomic E-state index is 0.132. The van der Waals surface area contributed by atoms with Crippen molar-refractivity contribution in [3.05, 3.63) is 17.7 Å². The van der Waals surface area contributed by atoms with Crippen molar-refractivity contribution in [1.29, 1.82) is 0 Å². The van der Waals surface area contributed by atoms with Crippen molar-refractivity contribution in [2.24, 2.45) is 5.92 Å². The van der Waals surface area contributed by atoms with Crippen LogP contribution in [0.2, 0.25) is 0 Å².